The second-order valence-electron chi connectivity index (χ2n) is 7.94. The molecule has 0 bridgehead atoms. The van der Waals surface area contributed by atoms with E-state index in [0.717, 1.165) is 44.5 Å². The number of rotatable bonds is 7. The van der Waals surface area contributed by atoms with E-state index in [2.05, 4.69) is 21.7 Å². The Bertz CT molecular complexity index is 1530. The Labute approximate surface area is 197 Å². The fraction of sp³-hybridized carbons (Fsp3) is 0.231. The van der Waals surface area contributed by atoms with E-state index in [-0.39, 0.29) is 5.69 Å². The largest absolute Gasteiger partial charge is 0.495 e. The first-order valence-electron chi connectivity index (χ1n) is 10.7. The van der Waals surface area contributed by atoms with Gasteiger partial charge >= 0.3 is 5.69 Å². The molecule has 3 aromatic heterocycles. The highest BCUT2D eigenvalue weighted by molar-refractivity contribution is 6.04. The zero-order valence-corrected chi connectivity index (χ0v) is 20.0. The summed E-state index contributed by atoms with van der Waals surface area (Å²) in [6.07, 6.45) is 5.36. The van der Waals surface area contributed by atoms with Crippen LogP contribution in [0.5, 0.6) is 0 Å². The molecule has 3 heterocycles. The van der Waals surface area contributed by atoms with E-state index in [9.17, 15) is 4.79 Å². The maximum absolute atomic E-state index is 13.3. The zero-order chi connectivity index (χ0) is 24.4. The van der Waals surface area contributed by atoms with Crippen LogP contribution in [0.25, 0.3) is 33.2 Å². The minimum atomic E-state index is -0.149. The van der Waals surface area contributed by atoms with Crippen molar-refractivity contribution in [2.75, 3.05) is 20.8 Å². The van der Waals surface area contributed by atoms with Crippen LogP contribution in [0, 0.1) is 6.92 Å². The number of pyridine rings is 2. The minimum Gasteiger partial charge on any atom is -0.495 e. The standard InChI is InChI=1S/C26H27N5O3/c1-16(12-24(34-6)21(27-3)15-33-5)18-9-10-20-19(13-18)25-23(14-29-20)30(4)26(32)31(25)22-8-7-11-28-17(22)2/h7-14H,3,15H2,1-2,4-6H3. The molecular weight excluding hydrogens is 430 g/mol. The fourth-order valence-electron chi connectivity index (χ4n) is 4.05. The molecule has 8 heteroatoms. The van der Waals surface area contributed by atoms with Crippen LogP contribution in [0.2, 0.25) is 0 Å². The maximum Gasteiger partial charge on any atom is 0.333 e. The molecule has 0 radical (unpaired) electrons. The van der Waals surface area contributed by atoms with Crippen LogP contribution in [-0.2, 0) is 16.5 Å². The van der Waals surface area contributed by atoms with Crippen LogP contribution >= 0.6 is 0 Å². The number of imidazole rings is 1. The molecule has 0 aliphatic heterocycles. The Balaban J connectivity index is 2.00. The van der Waals surface area contributed by atoms with Crippen LogP contribution in [0.3, 0.4) is 0 Å². The maximum atomic E-state index is 13.3. The van der Waals surface area contributed by atoms with Gasteiger partial charge in [-0.05, 0) is 62.0 Å². The van der Waals surface area contributed by atoms with Crippen molar-refractivity contribution in [1.29, 1.82) is 0 Å². The number of benzene rings is 1. The molecule has 4 aromatic rings. The Morgan fingerprint density at radius 1 is 1.24 bits per heavy atom. The lowest BCUT2D eigenvalue weighted by atomic mass is 10.0. The molecule has 8 nitrogen and oxygen atoms in total. The van der Waals surface area contributed by atoms with Gasteiger partial charge in [-0.1, -0.05) is 6.07 Å². The number of ether oxygens (including phenoxy) is 2. The summed E-state index contributed by atoms with van der Waals surface area (Å²) < 4.78 is 14.1. The molecule has 0 amide bonds. The summed E-state index contributed by atoms with van der Waals surface area (Å²) in [6.45, 7) is 7.79. The minimum absolute atomic E-state index is 0.149. The smallest absolute Gasteiger partial charge is 0.333 e. The summed E-state index contributed by atoms with van der Waals surface area (Å²) in [4.78, 5) is 26.3. The number of aliphatic imine (C=N–C) groups is 1. The average molecular weight is 458 g/mol. The van der Waals surface area contributed by atoms with Gasteiger partial charge in [0, 0.05) is 25.7 Å². The van der Waals surface area contributed by atoms with E-state index < -0.39 is 0 Å². The summed E-state index contributed by atoms with van der Waals surface area (Å²) in [7, 11) is 4.94. The van der Waals surface area contributed by atoms with Gasteiger partial charge in [0.2, 0.25) is 0 Å². The van der Waals surface area contributed by atoms with Gasteiger partial charge in [0.25, 0.3) is 0 Å². The van der Waals surface area contributed by atoms with Gasteiger partial charge < -0.3 is 9.47 Å². The quantitative estimate of drug-likeness (QED) is 0.236. The van der Waals surface area contributed by atoms with Crippen molar-refractivity contribution in [3.8, 4) is 5.69 Å². The van der Waals surface area contributed by atoms with Crippen LogP contribution in [0.1, 0.15) is 18.2 Å². The van der Waals surface area contributed by atoms with E-state index >= 15 is 0 Å². The number of fused-ring (bicyclic) bond motifs is 3. The molecule has 4 rings (SSSR count). The lowest BCUT2D eigenvalue weighted by molar-refractivity contribution is 0.215. The lowest BCUT2D eigenvalue weighted by Gasteiger charge is -2.11. The van der Waals surface area contributed by atoms with Gasteiger partial charge in [0.05, 0.1) is 47.8 Å². The molecule has 0 fully saturated rings. The van der Waals surface area contributed by atoms with Crippen molar-refractivity contribution >= 4 is 34.2 Å². The van der Waals surface area contributed by atoms with E-state index in [4.69, 9.17) is 9.47 Å². The predicted octanol–water partition coefficient (Wildman–Crippen LogP) is 4.19. The Morgan fingerprint density at radius 2 is 2.03 bits per heavy atom. The summed E-state index contributed by atoms with van der Waals surface area (Å²) in [5.41, 5.74) is 6.22. The van der Waals surface area contributed by atoms with Gasteiger partial charge in [-0.25, -0.2) is 4.79 Å². The number of hydrogen-bond acceptors (Lipinski definition) is 6. The van der Waals surface area contributed by atoms with Crippen molar-refractivity contribution in [1.82, 2.24) is 19.1 Å². The molecule has 34 heavy (non-hydrogen) atoms. The van der Waals surface area contributed by atoms with E-state index in [1.54, 1.807) is 42.8 Å². The first-order chi connectivity index (χ1) is 16.4. The second kappa shape index (κ2) is 9.44. The molecule has 0 saturated heterocycles. The number of aryl methyl sites for hydroxylation is 2. The molecule has 0 unspecified atom stereocenters. The molecule has 0 N–H and O–H groups in total. The number of nitrogens with zero attached hydrogens (tertiary/aromatic N) is 5. The molecule has 0 atom stereocenters. The van der Waals surface area contributed by atoms with Gasteiger partial charge in [0.15, 0.2) is 0 Å². The molecular formula is C26H27N5O3. The third-order valence-corrected chi connectivity index (χ3v) is 5.88. The van der Waals surface area contributed by atoms with Crippen LogP contribution in [-0.4, -0.2) is 46.6 Å². The van der Waals surface area contributed by atoms with Crippen molar-refractivity contribution in [3.63, 3.8) is 0 Å². The summed E-state index contributed by atoms with van der Waals surface area (Å²) in [5.74, 6) is 0.577. The summed E-state index contributed by atoms with van der Waals surface area (Å²) in [5, 5.41) is 0.866. The molecule has 0 aliphatic carbocycles. The van der Waals surface area contributed by atoms with Gasteiger partial charge in [-0.2, -0.15) is 0 Å². The van der Waals surface area contributed by atoms with Crippen LogP contribution < -0.4 is 5.69 Å². The van der Waals surface area contributed by atoms with Crippen LogP contribution in [0.15, 0.2) is 70.0 Å². The second-order valence-corrected chi connectivity index (χ2v) is 7.94. The SMILES string of the molecule is C=NC(COC)=C(C=C(C)c1ccc2ncc3c(c2c1)n(-c1cccnc1C)c(=O)n3C)OC. The van der Waals surface area contributed by atoms with E-state index in [0.29, 0.717) is 18.1 Å². The van der Waals surface area contributed by atoms with Gasteiger partial charge in [-0.15, -0.1) is 0 Å². The highest BCUT2D eigenvalue weighted by Gasteiger charge is 2.18. The number of hydrogen-bond donors (Lipinski definition) is 0. The Hall–Kier alpha value is -4.04. The van der Waals surface area contributed by atoms with Gasteiger partial charge in [-0.3, -0.25) is 24.1 Å². The first kappa shape index (κ1) is 23.1. The molecule has 0 aliphatic rings. The van der Waals surface area contributed by atoms with Gasteiger partial charge in [0.1, 0.15) is 11.5 Å². The lowest BCUT2D eigenvalue weighted by Crippen LogP contribution is -2.21. The van der Waals surface area contributed by atoms with Crippen molar-refractivity contribution in [2.45, 2.75) is 13.8 Å². The van der Waals surface area contributed by atoms with E-state index in [1.165, 1.54) is 0 Å². The Morgan fingerprint density at radius 3 is 2.71 bits per heavy atom. The third kappa shape index (κ3) is 3.92. The number of allylic oxidation sites excluding steroid dienone is 2. The molecule has 0 saturated carbocycles. The average Bonchev–Trinajstić information content (AvgIpc) is 3.11. The van der Waals surface area contributed by atoms with Crippen molar-refractivity contribution < 1.29 is 9.47 Å². The highest BCUT2D eigenvalue weighted by Crippen LogP contribution is 2.29. The normalized spacial score (nSPS) is 12.8. The number of aromatic nitrogens is 4. The molecule has 1 aromatic carbocycles. The highest BCUT2D eigenvalue weighted by atomic mass is 16.5. The number of methoxy groups -OCH3 is 2. The van der Waals surface area contributed by atoms with E-state index in [1.807, 2.05) is 50.3 Å². The fourth-order valence-corrected chi connectivity index (χ4v) is 4.05. The molecule has 174 valence electrons. The Kier molecular flexibility index (Phi) is 6.43. The summed E-state index contributed by atoms with van der Waals surface area (Å²) >= 11 is 0. The topological polar surface area (TPSA) is 83.5 Å². The van der Waals surface area contributed by atoms with Crippen molar-refractivity contribution in [2.24, 2.45) is 12.0 Å². The third-order valence-electron chi connectivity index (χ3n) is 5.88. The zero-order valence-electron chi connectivity index (χ0n) is 20.0. The summed E-state index contributed by atoms with van der Waals surface area (Å²) in [6, 6.07) is 9.73. The first-order valence-corrected chi connectivity index (χ1v) is 10.7. The predicted molar refractivity (Wildman–Crippen MR) is 135 cm³/mol. The van der Waals surface area contributed by atoms with Crippen LogP contribution in [0.4, 0.5) is 0 Å². The molecule has 0 spiro atoms. The van der Waals surface area contributed by atoms with Crippen molar-refractivity contribution in [3.05, 3.63) is 82.0 Å². The monoisotopic (exact) mass is 457 g/mol.